The lowest BCUT2D eigenvalue weighted by Gasteiger charge is -2.17. The highest BCUT2D eigenvalue weighted by Gasteiger charge is 2.18. The molecule has 1 unspecified atom stereocenters. The van der Waals surface area contributed by atoms with Crippen molar-refractivity contribution in [3.05, 3.63) is 24.3 Å². The molecule has 2 rings (SSSR count). The number of methoxy groups -OCH3 is 1. The van der Waals surface area contributed by atoms with Crippen LogP contribution in [0.25, 0.3) is 11.0 Å². The number of pyridine rings is 1. The Morgan fingerprint density at radius 1 is 1.42 bits per heavy atom. The molecule has 0 aliphatic rings. The zero-order valence-electron chi connectivity index (χ0n) is 11.8. The second kappa shape index (κ2) is 6.12. The lowest BCUT2D eigenvalue weighted by Crippen LogP contribution is -2.18. The summed E-state index contributed by atoms with van der Waals surface area (Å²) in [5.41, 5.74) is 8.29. The average molecular weight is 262 g/mol. The van der Waals surface area contributed by atoms with Crippen molar-refractivity contribution in [3.8, 4) is 0 Å². The van der Waals surface area contributed by atoms with Gasteiger partial charge in [0.15, 0.2) is 0 Å². The minimum atomic E-state index is -0.0649. The molecule has 0 aromatic carbocycles. The van der Waals surface area contributed by atoms with E-state index >= 15 is 0 Å². The van der Waals surface area contributed by atoms with Crippen molar-refractivity contribution in [2.45, 2.75) is 38.8 Å². The van der Waals surface area contributed by atoms with Gasteiger partial charge in [-0.3, -0.25) is 4.98 Å². The maximum absolute atomic E-state index is 6.28. The van der Waals surface area contributed by atoms with Gasteiger partial charge >= 0.3 is 0 Å². The summed E-state index contributed by atoms with van der Waals surface area (Å²) in [5.74, 6) is 0.939. The molecule has 2 aromatic heterocycles. The number of hydrogen-bond donors (Lipinski definition) is 1. The van der Waals surface area contributed by atoms with Crippen LogP contribution >= 0.6 is 0 Å². The fraction of sp³-hybridized carbons (Fsp3) is 0.571. The van der Waals surface area contributed by atoms with Crippen LogP contribution in [0.2, 0.25) is 0 Å². The van der Waals surface area contributed by atoms with Crippen molar-refractivity contribution in [1.29, 1.82) is 0 Å². The highest BCUT2D eigenvalue weighted by atomic mass is 16.5. The molecule has 2 heterocycles. The molecule has 0 saturated heterocycles. The third kappa shape index (κ3) is 2.93. The second-order valence-corrected chi connectivity index (χ2v) is 5.04. The highest BCUT2D eigenvalue weighted by molar-refractivity contribution is 5.75. The Hall–Kier alpha value is -1.46. The number of fused-ring (bicyclic) bond motifs is 1. The number of nitrogens with two attached hydrogens (primary N) is 1. The van der Waals surface area contributed by atoms with Crippen LogP contribution in [0.4, 0.5) is 0 Å². The quantitative estimate of drug-likeness (QED) is 0.812. The Bertz CT molecular complexity index is 535. The van der Waals surface area contributed by atoms with Gasteiger partial charge in [-0.25, -0.2) is 4.98 Å². The van der Waals surface area contributed by atoms with Crippen molar-refractivity contribution < 1.29 is 4.74 Å². The van der Waals surface area contributed by atoms with Gasteiger partial charge in [0, 0.05) is 26.0 Å². The lowest BCUT2D eigenvalue weighted by atomic mass is 10.1. The number of hydrogen-bond acceptors (Lipinski definition) is 4. The molecule has 5 nitrogen and oxygen atoms in total. The Morgan fingerprint density at radius 2 is 2.21 bits per heavy atom. The maximum Gasteiger partial charge on any atom is 0.127 e. The summed E-state index contributed by atoms with van der Waals surface area (Å²) >= 11 is 0. The van der Waals surface area contributed by atoms with Gasteiger partial charge in [0.2, 0.25) is 0 Å². The molecule has 0 amide bonds. The minimum absolute atomic E-state index is 0.0649. The zero-order chi connectivity index (χ0) is 13.8. The minimum Gasteiger partial charge on any atom is -0.385 e. The fourth-order valence-electron chi connectivity index (χ4n) is 2.35. The van der Waals surface area contributed by atoms with Crippen LogP contribution in [-0.4, -0.2) is 28.3 Å². The number of rotatable bonds is 6. The van der Waals surface area contributed by atoms with Crippen molar-refractivity contribution in [2.24, 2.45) is 5.73 Å². The van der Waals surface area contributed by atoms with Crippen LogP contribution in [0.5, 0.6) is 0 Å². The standard InChI is InChI=1S/C14H22N4O/c1-10(2)18-13-6-7-16-9-12(13)17-14(18)11(15)5-4-8-19-3/h6-7,9-11H,4-5,8,15H2,1-3H3. The van der Waals surface area contributed by atoms with E-state index in [9.17, 15) is 0 Å². The van der Waals surface area contributed by atoms with Gasteiger partial charge in [-0.1, -0.05) is 0 Å². The van der Waals surface area contributed by atoms with Gasteiger partial charge in [-0.05, 0) is 32.8 Å². The third-order valence-electron chi connectivity index (χ3n) is 3.23. The molecule has 0 aliphatic heterocycles. The van der Waals surface area contributed by atoms with Crippen LogP contribution in [-0.2, 0) is 4.74 Å². The van der Waals surface area contributed by atoms with Gasteiger partial charge in [0.05, 0.1) is 17.8 Å². The molecule has 104 valence electrons. The van der Waals surface area contributed by atoms with E-state index in [1.165, 1.54) is 0 Å². The molecular weight excluding hydrogens is 240 g/mol. The van der Waals surface area contributed by atoms with E-state index in [4.69, 9.17) is 10.5 Å². The highest BCUT2D eigenvalue weighted by Crippen LogP contribution is 2.25. The van der Waals surface area contributed by atoms with Gasteiger partial charge in [-0.2, -0.15) is 0 Å². The van der Waals surface area contributed by atoms with Crippen molar-refractivity contribution in [1.82, 2.24) is 14.5 Å². The molecule has 0 bridgehead atoms. The summed E-state index contributed by atoms with van der Waals surface area (Å²) < 4.78 is 7.27. The van der Waals surface area contributed by atoms with Gasteiger partial charge in [-0.15, -0.1) is 0 Å². The molecule has 0 radical (unpaired) electrons. The SMILES string of the molecule is COCCCC(N)c1nc2cnccc2n1C(C)C. The molecular formula is C14H22N4O. The first kappa shape index (κ1) is 14.0. The largest absolute Gasteiger partial charge is 0.385 e. The summed E-state index contributed by atoms with van der Waals surface area (Å²) in [7, 11) is 1.71. The summed E-state index contributed by atoms with van der Waals surface area (Å²) in [6.45, 7) is 5.02. The van der Waals surface area contributed by atoms with Crippen molar-refractivity contribution in [2.75, 3.05) is 13.7 Å². The van der Waals surface area contributed by atoms with E-state index in [2.05, 4.69) is 28.4 Å². The predicted octanol–water partition coefficient (Wildman–Crippen LogP) is 2.44. The smallest absolute Gasteiger partial charge is 0.127 e. The first-order valence-corrected chi connectivity index (χ1v) is 6.71. The molecule has 0 spiro atoms. The first-order chi connectivity index (χ1) is 9.15. The second-order valence-electron chi connectivity index (χ2n) is 5.04. The van der Waals surface area contributed by atoms with Gasteiger partial charge in [0.1, 0.15) is 11.3 Å². The number of nitrogens with zero attached hydrogens (tertiary/aromatic N) is 3. The van der Waals surface area contributed by atoms with Crippen LogP contribution in [0.15, 0.2) is 18.5 Å². The van der Waals surface area contributed by atoms with Gasteiger partial charge in [0.25, 0.3) is 0 Å². The molecule has 1 atom stereocenters. The lowest BCUT2D eigenvalue weighted by molar-refractivity contribution is 0.190. The Balaban J connectivity index is 2.33. The number of imidazole rings is 1. The zero-order valence-corrected chi connectivity index (χ0v) is 11.8. The first-order valence-electron chi connectivity index (χ1n) is 6.71. The van der Waals surface area contributed by atoms with E-state index in [0.29, 0.717) is 6.04 Å². The van der Waals surface area contributed by atoms with Crippen LogP contribution in [0.3, 0.4) is 0 Å². The molecule has 0 saturated carbocycles. The van der Waals surface area contributed by atoms with E-state index in [0.717, 1.165) is 36.3 Å². The Morgan fingerprint density at radius 3 is 2.89 bits per heavy atom. The van der Waals surface area contributed by atoms with E-state index in [-0.39, 0.29) is 6.04 Å². The molecule has 0 aliphatic carbocycles. The monoisotopic (exact) mass is 262 g/mol. The van der Waals surface area contributed by atoms with Crippen LogP contribution in [0, 0.1) is 0 Å². The van der Waals surface area contributed by atoms with E-state index in [1.807, 2.05) is 6.07 Å². The Kier molecular flexibility index (Phi) is 4.50. The predicted molar refractivity (Wildman–Crippen MR) is 76.0 cm³/mol. The molecule has 5 heteroatoms. The van der Waals surface area contributed by atoms with E-state index < -0.39 is 0 Å². The van der Waals surface area contributed by atoms with Crippen LogP contribution in [0.1, 0.15) is 44.6 Å². The summed E-state index contributed by atoms with van der Waals surface area (Å²) in [6, 6.07) is 2.26. The van der Waals surface area contributed by atoms with Crippen molar-refractivity contribution in [3.63, 3.8) is 0 Å². The van der Waals surface area contributed by atoms with Crippen molar-refractivity contribution >= 4 is 11.0 Å². The summed E-state index contributed by atoms with van der Waals surface area (Å²) in [4.78, 5) is 8.77. The number of ether oxygens (including phenoxy) is 1. The summed E-state index contributed by atoms with van der Waals surface area (Å²) in [6.07, 6.45) is 5.40. The van der Waals surface area contributed by atoms with E-state index in [1.54, 1.807) is 19.5 Å². The topological polar surface area (TPSA) is 66.0 Å². The molecule has 0 fully saturated rings. The molecule has 2 N–H and O–H groups in total. The van der Waals surface area contributed by atoms with Crippen LogP contribution < -0.4 is 5.73 Å². The molecule has 2 aromatic rings. The maximum atomic E-state index is 6.28. The number of aromatic nitrogens is 3. The normalized spacial score (nSPS) is 13.3. The Labute approximate surface area is 113 Å². The average Bonchev–Trinajstić information content (AvgIpc) is 2.78. The third-order valence-corrected chi connectivity index (χ3v) is 3.23. The molecule has 19 heavy (non-hydrogen) atoms. The summed E-state index contributed by atoms with van der Waals surface area (Å²) in [5, 5.41) is 0. The van der Waals surface area contributed by atoms with Gasteiger partial charge < -0.3 is 15.0 Å². The fourth-order valence-corrected chi connectivity index (χ4v) is 2.35.